The van der Waals surface area contributed by atoms with Gasteiger partial charge in [-0.2, -0.15) is 5.10 Å². The third-order valence-corrected chi connectivity index (χ3v) is 8.52. The number of rotatable bonds is 5. The van der Waals surface area contributed by atoms with Crippen LogP contribution in [0.3, 0.4) is 0 Å². The van der Waals surface area contributed by atoms with E-state index in [1.54, 1.807) is 24.4 Å². The summed E-state index contributed by atoms with van der Waals surface area (Å²) in [5, 5.41) is 28.8. The standard InChI is InChI=1S/C17H16N8O4S2/c18-31(28,29)16-14(30(26,27)11-7-19-8-11)4-3-12(15(16)17-22-24-25-23-17)9-1-2-10-6-20-21-13(10)5-9/h1-6,11,19H,7-8H2,(H,20,21)(H2,18,28,29)(H,22,23,24,25). The molecule has 0 saturated carbocycles. The van der Waals surface area contributed by atoms with Crippen molar-refractivity contribution in [3.05, 3.63) is 36.5 Å². The SMILES string of the molecule is NS(=O)(=O)c1c(S(=O)(=O)C2CNC2)ccc(-c2ccc3cn[nH]c3c2)c1-c1nnn[nH]1. The molecule has 2 aromatic carbocycles. The number of sulfone groups is 1. The lowest BCUT2D eigenvalue weighted by Gasteiger charge is -2.28. The Balaban J connectivity index is 1.86. The zero-order valence-corrected chi connectivity index (χ0v) is 17.4. The van der Waals surface area contributed by atoms with Crippen LogP contribution < -0.4 is 10.5 Å². The molecule has 0 radical (unpaired) electrons. The minimum Gasteiger partial charge on any atom is -0.314 e. The van der Waals surface area contributed by atoms with Gasteiger partial charge in [-0.3, -0.25) is 5.10 Å². The maximum Gasteiger partial charge on any atom is 0.240 e. The van der Waals surface area contributed by atoms with Crippen LogP contribution in [0.25, 0.3) is 33.4 Å². The summed E-state index contributed by atoms with van der Waals surface area (Å²) in [5.74, 6) is -0.0208. The summed E-state index contributed by atoms with van der Waals surface area (Å²) in [5.41, 5.74) is 1.69. The number of hydrogen-bond acceptors (Lipinski definition) is 9. The predicted molar refractivity (Wildman–Crippen MR) is 110 cm³/mol. The van der Waals surface area contributed by atoms with Crippen molar-refractivity contribution in [1.29, 1.82) is 0 Å². The van der Waals surface area contributed by atoms with Gasteiger partial charge in [-0.05, 0) is 33.7 Å². The topological polar surface area (TPSA) is 189 Å². The molecule has 0 unspecified atom stereocenters. The average Bonchev–Trinajstić information content (AvgIpc) is 3.35. The van der Waals surface area contributed by atoms with Crippen LogP contribution in [-0.2, 0) is 19.9 Å². The number of fused-ring (bicyclic) bond motifs is 1. The normalized spacial score (nSPS) is 15.3. The number of nitrogens with zero attached hydrogens (tertiary/aromatic N) is 4. The molecule has 1 aliphatic rings. The number of aromatic amines is 2. The Hall–Kier alpha value is -3.20. The van der Waals surface area contributed by atoms with E-state index in [9.17, 15) is 16.8 Å². The number of primary sulfonamides is 1. The van der Waals surface area contributed by atoms with Gasteiger partial charge in [0.2, 0.25) is 10.0 Å². The lowest BCUT2D eigenvalue weighted by molar-refractivity contribution is 0.493. The number of hydrogen-bond donors (Lipinski definition) is 4. The Morgan fingerprint density at radius 2 is 1.84 bits per heavy atom. The van der Waals surface area contributed by atoms with E-state index in [-0.39, 0.29) is 29.4 Å². The van der Waals surface area contributed by atoms with Gasteiger partial charge in [0, 0.05) is 24.0 Å². The van der Waals surface area contributed by atoms with Crippen LogP contribution in [0.5, 0.6) is 0 Å². The summed E-state index contributed by atoms with van der Waals surface area (Å²) in [6.45, 7) is 0.452. The summed E-state index contributed by atoms with van der Waals surface area (Å²) in [4.78, 5) is -0.917. The molecule has 1 aliphatic heterocycles. The van der Waals surface area contributed by atoms with E-state index in [2.05, 4.69) is 36.1 Å². The zero-order valence-electron chi connectivity index (χ0n) is 15.8. The summed E-state index contributed by atoms with van der Waals surface area (Å²) < 4.78 is 51.7. The highest BCUT2D eigenvalue weighted by Crippen LogP contribution is 2.40. The van der Waals surface area contributed by atoms with E-state index in [1.807, 2.05) is 0 Å². The summed E-state index contributed by atoms with van der Waals surface area (Å²) in [6.07, 6.45) is 1.65. The molecular formula is C17H16N8O4S2. The Morgan fingerprint density at radius 3 is 2.48 bits per heavy atom. The third kappa shape index (κ3) is 3.20. The Bertz CT molecular complexity index is 1510. The molecule has 0 amide bonds. The van der Waals surface area contributed by atoms with Crippen molar-refractivity contribution >= 4 is 30.8 Å². The lowest BCUT2D eigenvalue weighted by atomic mass is 9.98. The van der Waals surface area contributed by atoms with Gasteiger partial charge in [0.25, 0.3) is 0 Å². The molecule has 4 aromatic rings. The van der Waals surface area contributed by atoms with Crippen molar-refractivity contribution in [2.75, 3.05) is 13.1 Å². The first-order valence-corrected chi connectivity index (χ1v) is 12.2. The third-order valence-electron chi connectivity index (χ3n) is 5.23. The van der Waals surface area contributed by atoms with Crippen molar-refractivity contribution in [3.63, 3.8) is 0 Å². The van der Waals surface area contributed by atoms with Crippen LogP contribution in [0.1, 0.15) is 0 Å². The van der Waals surface area contributed by atoms with Crippen molar-refractivity contribution in [2.45, 2.75) is 15.0 Å². The molecule has 31 heavy (non-hydrogen) atoms. The fourth-order valence-electron chi connectivity index (χ4n) is 3.58. The molecule has 0 bridgehead atoms. The van der Waals surface area contributed by atoms with Crippen LogP contribution in [0.2, 0.25) is 0 Å². The maximum atomic E-state index is 13.2. The molecule has 2 aromatic heterocycles. The summed E-state index contributed by atoms with van der Waals surface area (Å²) in [7, 11) is -8.46. The Morgan fingerprint density at radius 1 is 1.03 bits per heavy atom. The number of aromatic nitrogens is 6. The lowest BCUT2D eigenvalue weighted by Crippen LogP contribution is -2.51. The van der Waals surface area contributed by atoms with Crippen LogP contribution in [-0.4, -0.2) is 66.0 Å². The average molecular weight is 461 g/mol. The molecular weight excluding hydrogens is 444 g/mol. The molecule has 14 heteroatoms. The largest absolute Gasteiger partial charge is 0.314 e. The van der Waals surface area contributed by atoms with Gasteiger partial charge >= 0.3 is 0 Å². The number of sulfonamides is 1. The van der Waals surface area contributed by atoms with E-state index in [0.29, 0.717) is 16.6 Å². The van der Waals surface area contributed by atoms with Crippen molar-refractivity contribution in [3.8, 4) is 22.5 Å². The first-order chi connectivity index (χ1) is 14.8. The quantitative estimate of drug-likeness (QED) is 0.312. The van der Waals surface area contributed by atoms with E-state index in [4.69, 9.17) is 5.14 Å². The molecule has 1 fully saturated rings. The summed E-state index contributed by atoms with van der Waals surface area (Å²) >= 11 is 0. The van der Waals surface area contributed by atoms with Crippen molar-refractivity contribution in [1.82, 2.24) is 36.1 Å². The van der Waals surface area contributed by atoms with Crippen LogP contribution in [0.15, 0.2) is 46.3 Å². The van der Waals surface area contributed by atoms with Gasteiger partial charge in [-0.15, -0.1) is 5.10 Å². The number of benzene rings is 2. The van der Waals surface area contributed by atoms with Gasteiger partial charge in [0.05, 0.1) is 21.9 Å². The molecule has 5 N–H and O–H groups in total. The van der Waals surface area contributed by atoms with Gasteiger partial charge in [-0.25, -0.2) is 27.1 Å². The second-order valence-electron chi connectivity index (χ2n) is 7.11. The molecule has 1 saturated heterocycles. The van der Waals surface area contributed by atoms with Gasteiger partial charge in [0.1, 0.15) is 4.90 Å². The predicted octanol–water partition coefficient (Wildman–Crippen LogP) is -0.197. The Labute approximate surface area is 176 Å². The number of H-pyrrole nitrogens is 2. The Kier molecular flexibility index (Phi) is 4.40. The van der Waals surface area contributed by atoms with Gasteiger partial charge in [-0.1, -0.05) is 18.2 Å². The molecule has 0 atom stereocenters. The van der Waals surface area contributed by atoms with Crippen molar-refractivity contribution in [2.24, 2.45) is 5.14 Å². The molecule has 5 rings (SSSR count). The second kappa shape index (κ2) is 6.91. The number of tetrazole rings is 1. The molecule has 160 valence electrons. The molecule has 12 nitrogen and oxygen atoms in total. The zero-order chi connectivity index (χ0) is 21.8. The highest BCUT2D eigenvalue weighted by Gasteiger charge is 2.38. The smallest absolute Gasteiger partial charge is 0.240 e. The first-order valence-electron chi connectivity index (χ1n) is 9.09. The minimum absolute atomic E-state index is 0.0141. The van der Waals surface area contributed by atoms with Crippen LogP contribution in [0, 0.1) is 0 Å². The first kappa shape index (κ1) is 19.7. The van der Waals surface area contributed by atoms with E-state index < -0.39 is 30.0 Å². The number of nitrogens with two attached hydrogens (primary N) is 1. The van der Waals surface area contributed by atoms with E-state index >= 15 is 0 Å². The minimum atomic E-state index is -4.49. The monoisotopic (exact) mass is 460 g/mol. The van der Waals surface area contributed by atoms with Gasteiger partial charge in [0.15, 0.2) is 15.7 Å². The van der Waals surface area contributed by atoms with E-state index in [0.717, 1.165) is 5.39 Å². The van der Waals surface area contributed by atoms with Gasteiger partial charge < -0.3 is 5.32 Å². The fourth-order valence-corrected chi connectivity index (χ4v) is 6.76. The highest BCUT2D eigenvalue weighted by molar-refractivity contribution is 7.94. The fraction of sp³-hybridized carbons (Fsp3) is 0.176. The van der Waals surface area contributed by atoms with Crippen molar-refractivity contribution < 1.29 is 16.8 Å². The second-order valence-corrected chi connectivity index (χ2v) is 10.8. The maximum absolute atomic E-state index is 13.2. The van der Waals surface area contributed by atoms with E-state index in [1.165, 1.54) is 12.1 Å². The van der Waals surface area contributed by atoms with Crippen LogP contribution in [0.4, 0.5) is 0 Å². The number of nitrogens with one attached hydrogen (secondary N) is 3. The van der Waals surface area contributed by atoms with Crippen LogP contribution >= 0.6 is 0 Å². The summed E-state index contributed by atoms with van der Waals surface area (Å²) in [6, 6.07) is 8.13. The molecule has 3 heterocycles. The molecule has 0 aliphatic carbocycles. The highest BCUT2D eigenvalue weighted by atomic mass is 32.2. The molecule has 0 spiro atoms.